The van der Waals surface area contributed by atoms with Gasteiger partial charge in [0.2, 0.25) is 5.91 Å². The summed E-state index contributed by atoms with van der Waals surface area (Å²) in [5.74, 6) is -1.29. The van der Waals surface area contributed by atoms with E-state index in [-0.39, 0.29) is 25.5 Å². The van der Waals surface area contributed by atoms with E-state index in [9.17, 15) is 36.2 Å². The monoisotopic (exact) mass is 566 g/mol. The molecule has 2 aromatic carbocycles. The maximum absolute atomic E-state index is 13.8. The highest BCUT2D eigenvalue weighted by atomic mass is 35.5. The highest BCUT2D eigenvalue weighted by Gasteiger charge is 2.55. The third-order valence-corrected chi connectivity index (χ3v) is 6.30. The zero-order valence-corrected chi connectivity index (χ0v) is 19.8. The molecule has 34 heavy (non-hydrogen) atoms. The second-order valence-corrected chi connectivity index (χ2v) is 9.29. The van der Waals surface area contributed by atoms with Crippen LogP contribution in [0.2, 0.25) is 15.1 Å². The Bertz CT molecular complexity index is 1060. The molecule has 0 bridgehead atoms. The standard InChI is InChI=1S/C20H15Cl3F6N2O2S/c21-12-4-11(5-13(22)6-12)18(33,20(27,28)29)7-15(30)10-1-2-16(14(23)3-10)34-8-17(32)31-9-19(24,25)26/h1-6,30,33H,7-9H2,(H,31,32). The average Bonchev–Trinajstić information content (AvgIpc) is 2.69. The van der Waals surface area contributed by atoms with E-state index < -0.39 is 53.9 Å². The van der Waals surface area contributed by atoms with Crippen molar-refractivity contribution in [2.75, 3.05) is 12.3 Å². The van der Waals surface area contributed by atoms with Gasteiger partial charge in [0.15, 0.2) is 5.60 Å². The fourth-order valence-electron chi connectivity index (χ4n) is 2.72. The summed E-state index contributed by atoms with van der Waals surface area (Å²) in [4.78, 5) is 11.8. The molecule has 0 aliphatic carbocycles. The summed E-state index contributed by atoms with van der Waals surface area (Å²) in [5.41, 5.74) is -4.79. The Labute approximate surface area is 209 Å². The zero-order chi connectivity index (χ0) is 25.9. The molecule has 14 heteroatoms. The molecule has 1 unspecified atom stereocenters. The number of nitrogens with one attached hydrogen (secondary N) is 2. The van der Waals surface area contributed by atoms with E-state index in [1.54, 1.807) is 5.32 Å². The number of alkyl halides is 6. The number of carbonyl (C=O) groups is 1. The van der Waals surface area contributed by atoms with Gasteiger partial charge in [-0.2, -0.15) is 26.3 Å². The second-order valence-electron chi connectivity index (χ2n) is 7.00. The first-order valence-electron chi connectivity index (χ1n) is 9.11. The predicted octanol–water partition coefficient (Wildman–Crippen LogP) is 6.63. The largest absolute Gasteiger partial charge is 0.421 e. The number of rotatable bonds is 8. The minimum atomic E-state index is -5.18. The molecule has 3 N–H and O–H groups in total. The van der Waals surface area contributed by atoms with E-state index >= 15 is 0 Å². The van der Waals surface area contributed by atoms with Gasteiger partial charge in [-0.3, -0.25) is 4.79 Å². The first-order chi connectivity index (χ1) is 15.5. The number of thioether (sulfide) groups is 1. The maximum Gasteiger partial charge on any atom is 0.421 e. The Morgan fingerprint density at radius 1 is 1.00 bits per heavy atom. The quantitative estimate of drug-likeness (QED) is 0.191. The van der Waals surface area contributed by atoms with E-state index in [0.29, 0.717) is 0 Å². The normalized spacial score (nSPS) is 13.9. The third-order valence-electron chi connectivity index (χ3n) is 4.37. The Balaban J connectivity index is 2.18. The maximum atomic E-state index is 13.8. The van der Waals surface area contributed by atoms with E-state index in [1.807, 2.05) is 0 Å². The lowest BCUT2D eigenvalue weighted by atomic mass is 9.86. The van der Waals surface area contributed by atoms with Gasteiger partial charge >= 0.3 is 12.4 Å². The van der Waals surface area contributed by atoms with E-state index in [4.69, 9.17) is 40.2 Å². The Morgan fingerprint density at radius 3 is 2.09 bits per heavy atom. The lowest BCUT2D eigenvalue weighted by Gasteiger charge is -2.31. The summed E-state index contributed by atoms with van der Waals surface area (Å²) in [6.07, 6.45) is -10.9. The number of aliphatic hydroxyl groups is 1. The van der Waals surface area contributed by atoms with Crippen LogP contribution in [0.4, 0.5) is 26.3 Å². The van der Waals surface area contributed by atoms with Crippen LogP contribution in [0.5, 0.6) is 0 Å². The van der Waals surface area contributed by atoms with Crippen LogP contribution >= 0.6 is 46.6 Å². The van der Waals surface area contributed by atoms with Crippen molar-refractivity contribution in [1.29, 1.82) is 5.41 Å². The van der Waals surface area contributed by atoms with Crippen molar-refractivity contribution in [3.63, 3.8) is 0 Å². The van der Waals surface area contributed by atoms with Crippen LogP contribution in [0.3, 0.4) is 0 Å². The van der Waals surface area contributed by atoms with Crippen LogP contribution < -0.4 is 5.32 Å². The minimum Gasteiger partial charge on any atom is -0.376 e. The van der Waals surface area contributed by atoms with Crippen LogP contribution in [-0.4, -0.2) is 41.4 Å². The van der Waals surface area contributed by atoms with Gasteiger partial charge in [-0.05, 0) is 41.5 Å². The minimum absolute atomic E-state index is 0.0442. The van der Waals surface area contributed by atoms with E-state index in [2.05, 4.69) is 0 Å². The number of hydrogen-bond donors (Lipinski definition) is 3. The van der Waals surface area contributed by atoms with Gasteiger partial charge in [-0.15, -0.1) is 11.8 Å². The van der Waals surface area contributed by atoms with Crippen molar-refractivity contribution in [3.05, 3.63) is 62.6 Å². The summed E-state index contributed by atoms with van der Waals surface area (Å²) in [6.45, 7) is -1.49. The van der Waals surface area contributed by atoms with Gasteiger partial charge in [-0.25, -0.2) is 0 Å². The Kier molecular flexibility index (Phi) is 9.20. The van der Waals surface area contributed by atoms with Gasteiger partial charge in [-0.1, -0.05) is 40.9 Å². The van der Waals surface area contributed by atoms with Crippen LogP contribution in [0, 0.1) is 5.41 Å². The van der Waals surface area contributed by atoms with Gasteiger partial charge in [0.1, 0.15) is 6.54 Å². The molecule has 186 valence electrons. The van der Waals surface area contributed by atoms with Crippen molar-refractivity contribution in [2.45, 2.75) is 29.3 Å². The van der Waals surface area contributed by atoms with Crippen LogP contribution in [0.1, 0.15) is 17.5 Å². The van der Waals surface area contributed by atoms with Crippen molar-refractivity contribution >= 4 is 58.2 Å². The summed E-state index contributed by atoms with van der Waals surface area (Å²) in [7, 11) is 0. The molecular weight excluding hydrogens is 553 g/mol. The fourth-order valence-corrected chi connectivity index (χ4v) is 4.34. The molecule has 0 aliphatic heterocycles. The summed E-state index contributed by atoms with van der Waals surface area (Å²) in [6, 6.07) is 6.67. The molecule has 0 aliphatic rings. The number of hydrogen-bond acceptors (Lipinski definition) is 4. The number of benzene rings is 2. The van der Waals surface area contributed by atoms with Gasteiger partial charge < -0.3 is 15.8 Å². The zero-order valence-electron chi connectivity index (χ0n) is 16.8. The second kappa shape index (κ2) is 10.9. The van der Waals surface area contributed by atoms with Gasteiger partial charge in [0.25, 0.3) is 0 Å². The summed E-state index contributed by atoms with van der Waals surface area (Å²) >= 11 is 18.4. The first kappa shape index (κ1) is 28.6. The molecule has 0 heterocycles. The molecule has 0 saturated carbocycles. The third kappa shape index (κ3) is 7.67. The van der Waals surface area contributed by atoms with Crippen molar-refractivity contribution in [3.8, 4) is 0 Å². The summed E-state index contributed by atoms with van der Waals surface area (Å²) < 4.78 is 77.9. The smallest absolute Gasteiger partial charge is 0.376 e. The Hall–Kier alpha value is -1.66. The molecule has 0 fully saturated rings. The first-order valence-corrected chi connectivity index (χ1v) is 11.2. The summed E-state index contributed by atoms with van der Waals surface area (Å²) in [5, 5.41) is 20.0. The van der Waals surface area contributed by atoms with E-state index in [1.165, 1.54) is 18.2 Å². The van der Waals surface area contributed by atoms with E-state index in [0.717, 1.165) is 30.0 Å². The topological polar surface area (TPSA) is 73.2 Å². The van der Waals surface area contributed by atoms with Crippen LogP contribution in [0.15, 0.2) is 41.3 Å². The molecule has 0 radical (unpaired) electrons. The number of amides is 1. The molecule has 0 aromatic heterocycles. The lowest BCUT2D eigenvalue weighted by molar-refractivity contribution is -0.263. The Morgan fingerprint density at radius 2 is 1.59 bits per heavy atom. The number of carbonyl (C=O) groups excluding carboxylic acids is 1. The SMILES string of the molecule is N=C(CC(O)(c1cc(Cl)cc(Cl)c1)C(F)(F)F)c1ccc(SCC(=O)NCC(F)(F)F)c(Cl)c1. The van der Waals surface area contributed by atoms with Crippen molar-refractivity contribution in [2.24, 2.45) is 0 Å². The van der Waals surface area contributed by atoms with Crippen LogP contribution in [-0.2, 0) is 10.4 Å². The molecule has 1 amide bonds. The highest BCUT2D eigenvalue weighted by molar-refractivity contribution is 8.00. The predicted molar refractivity (Wildman–Crippen MR) is 119 cm³/mol. The van der Waals surface area contributed by atoms with Crippen molar-refractivity contribution in [1.82, 2.24) is 5.32 Å². The van der Waals surface area contributed by atoms with Crippen LogP contribution in [0.25, 0.3) is 0 Å². The van der Waals surface area contributed by atoms with Gasteiger partial charge in [0.05, 0.1) is 10.8 Å². The highest BCUT2D eigenvalue weighted by Crippen LogP contribution is 2.44. The molecule has 0 spiro atoms. The lowest BCUT2D eigenvalue weighted by Crippen LogP contribution is -2.44. The number of halogens is 9. The molecular formula is C20H15Cl3F6N2O2S. The van der Waals surface area contributed by atoms with Gasteiger partial charge in [0, 0.05) is 27.1 Å². The van der Waals surface area contributed by atoms with Crippen molar-refractivity contribution < 1.29 is 36.2 Å². The molecule has 2 rings (SSSR count). The molecule has 2 aromatic rings. The molecule has 0 saturated heterocycles. The molecule has 1 atom stereocenters. The fraction of sp³-hybridized carbons (Fsp3) is 0.300. The average molecular weight is 568 g/mol. The molecule has 4 nitrogen and oxygen atoms in total.